The first-order valence-electron chi connectivity index (χ1n) is 6.70. The van der Waals surface area contributed by atoms with E-state index >= 15 is 0 Å². The van der Waals surface area contributed by atoms with Crippen LogP contribution in [0.2, 0.25) is 0 Å². The first-order valence-corrected chi connectivity index (χ1v) is 9.56. The average molecular weight is 379 g/mol. The van der Waals surface area contributed by atoms with E-state index in [1.807, 2.05) is 36.4 Å². The SMILES string of the molecule is CCC(=O)C(C#N)=C1SC2(SC(=S)N(c3ccccc3)C2=O)S1. The highest BCUT2D eigenvalue weighted by molar-refractivity contribution is 8.54. The Bertz CT molecular complexity index is 774. The van der Waals surface area contributed by atoms with Gasteiger partial charge in [0.05, 0.1) is 9.92 Å². The number of nitrogens with zero attached hydrogens (tertiary/aromatic N) is 2. The number of nitriles is 1. The lowest BCUT2D eigenvalue weighted by atomic mass is 10.2. The minimum Gasteiger partial charge on any atom is -0.293 e. The molecule has 0 aliphatic carbocycles. The second-order valence-electron chi connectivity index (χ2n) is 4.66. The maximum atomic E-state index is 12.8. The number of anilines is 1. The van der Waals surface area contributed by atoms with Gasteiger partial charge in [-0.2, -0.15) is 5.26 Å². The van der Waals surface area contributed by atoms with Crippen LogP contribution in [0.25, 0.3) is 0 Å². The fourth-order valence-electron chi connectivity index (χ4n) is 2.11. The summed E-state index contributed by atoms with van der Waals surface area (Å²) < 4.78 is 0.289. The molecule has 4 nitrogen and oxygen atoms in total. The van der Waals surface area contributed by atoms with Crippen LogP contribution in [-0.4, -0.2) is 19.4 Å². The molecule has 1 spiro atoms. The number of Topliss-reactive ketones (excluding diaryl/α,β-unsaturated/α-hetero) is 1. The topological polar surface area (TPSA) is 61.2 Å². The fraction of sp³-hybridized carbons (Fsp3) is 0.200. The van der Waals surface area contributed by atoms with Gasteiger partial charge in [-0.3, -0.25) is 14.5 Å². The van der Waals surface area contributed by atoms with Gasteiger partial charge in [-0.05, 0) is 12.1 Å². The van der Waals surface area contributed by atoms with Crippen LogP contribution in [0.5, 0.6) is 0 Å². The Morgan fingerprint density at radius 2 is 1.96 bits per heavy atom. The molecule has 0 bridgehead atoms. The molecule has 8 heteroatoms. The van der Waals surface area contributed by atoms with Gasteiger partial charge in [-0.15, -0.1) is 0 Å². The van der Waals surface area contributed by atoms with Crippen molar-refractivity contribution in [3.63, 3.8) is 0 Å². The third-order valence-electron chi connectivity index (χ3n) is 3.25. The molecule has 0 radical (unpaired) electrons. The number of carbonyl (C=O) groups is 2. The molecule has 0 saturated carbocycles. The van der Waals surface area contributed by atoms with E-state index in [9.17, 15) is 9.59 Å². The maximum absolute atomic E-state index is 12.8. The van der Waals surface area contributed by atoms with E-state index in [0.717, 1.165) is 5.69 Å². The van der Waals surface area contributed by atoms with Gasteiger partial charge in [0.2, 0.25) is 3.41 Å². The molecule has 1 aromatic rings. The van der Waals surface area contributed by atoms with Crippen LogP contribution >= 0.6 is 47.5 Å². The highest BCUT2D eigenvalue weighted by atomic mass is 32.3. The third-order valence-corrected chi connectivity index (χ3v) is 8.15. The number of hydrogen-bond donors (Lipinski definition) is 0. The predicted octanol–water partition coefficient (Wildman–Crippen LogP) is 3.90. The largest absolute Gasteiger partial charge is 0.293 e. The summed E-state index contributed by atoms with van der Waals surface area (Å²) in [6, 6.07) is 11.2. The molecule has 2 saturated heterocycles. The van der Waals surface area contributed by atoms with Gasteiger partial charge >= 0.3 is 0 Å². The molecule has 2 aliphatic rings. The Morgan fingerprint density at radius 3 is 2.52 bits per heavy atom. The zero-order valence-electron chi connectivity index (χ0n) is 11.9. The summed E-state index contributed by atoms with van der Waals surface area (Å²) in [4.78, 5) is 26.1. The van der Waals surface area contributed by atoms with E-state index in [1.165, 1.54) is 40.2 Å². The van der Waals surface area contributed by atoms with E-state index < -0.39 is 3.41 Å². The number of allylic oxidation sites excluding steroid dienone is 1. The Hall–Kier alpha value is -1.27. The molecule has 0 unspecified atom stereocenters. The summed E-state index contributed by atoms with van der Waals surface area (Å²) in [5.41, 5.74) is 0.876. The van der Waals surface area contributed by atoms with Crippen molar-refractivity contribution in [2.24, 2.45) is 0 Å². The smallest absolute Gasteiger partial charge is 0.270 e. The van der Waals surface area contributed by atoms with Crippen LogP contribution in [0, 0.1) is 11.3 Å². The second kappa shape index (κ2) is 6.32. The van der Waals surface area contributed by atoms with Crippen molar-refractivity contribution in [3.05, 3.63) is 40.1 Å². The van der Waals surface area contributed by atoms with Crippen LogP contribution in [0.15, 0.2) is 40.1 Å². The monoisotopic (exact) mass is 378 g/mol. The first kappa shape index (κ1) is 16.6. The summed E-state index contributed by atoms with van der Waals surface area (Å²) in [5, 5.41) is 9.16. The summed E-state index contributed by atoms with van der Waals surface area (Å²) in [6.45, 7) is 1.71. The maximum Gasteiger partial charge on any atom is 0.270 e. The number of rotatable bonds is 3. The van der Waals surface area contributed by atoms with Crippen molar-refractivity contribution in [3.8, 4) is 6.07 Å². The Balaban J connectivity index is 1.87. The predicted molar refractivity (Wildman–Crippen MR) is 100.0 cm³/mol. The van der Waals surface area contributed by atoms with E-state index in [4.69, 9.17) is 17.5 Å². The highest BCUT2D eigenvalue weighted by Gasteiger charge is 2.60. The number of benzene rings is 1. The summed E-state index contributed by atoms with van der Waals surface area (Å²) in [7, 11) is 0. The molecule has 0 aromatic heterocycles. The van der Waals surface area contributed by atoms with Crippen molar-refractivity contribution in [2.75, 3.05) is 4.90 Å². The van der Waals surface area contributed by atoms with Crippen LogP contribution < -0.4 is 4.90 Å². The summed E-state index contributed by atoms with van der Waals surface area (Å²) in [5.74, 6) is -0.325. The van der Waals surface area contributed by atoms with Gasteiger partial charge in [0.1, 0.15) is 16.0 Å². The molecular weight excluding hydrogens is 368 g/mol. The van der Waals surface area contributed by atoms with E-state index in [2.05, 4.69) is 0 Å². The third kappa shape index (κ3) is 2.72. The molecule has 2 heterocycles. The number of thioether (sulfide) groups is 3. The van der Waals surface area contributed by atoms with Crippen molar-refractivity contribution < 1.29 is 9.59 Å². The number of amides is 1. The molecule has 1 amide bonds. The lowest BCUT2D eigenvalue weighted by molar-refractivity contribution is -0.116. The van der Waals surface area contributed by atoms with Crippen LogP contribution in [0.3, 0.4) is 0 Å². The number of para-hydroxylation sites is 1. The Labute approximate surface area is 151 Å². The Kier molecular flexibility index (Phi) is 4.56. The van der Waals surface area contributed by atoms with Crippen LogP contribution in [0.4, 0.5) is 5.69 Å². The molecule has 0 atom stereocenters. The molecule has 3 rings (SSSR count). The second-order valence-corrected chi connectivity index (χ2v) is 9.99. The molecular formula is C15H10N2O2S4. The lowest BCUT2D eigenvalue weighted by Gasteiger charge is -2.35. The minimum atomic E-state index is -0.807. The molecule has 116 valence electrons. The van der Waals surface area contributed by atoms with Crippen LogP contribution in [-0.2, 0) is 9.59 Å². The van der Waals surface area contributed by atoms with Crippen LogP contribution in [0.1, 0.15) is 13.3 Å². The average Bonchev–Trinajstić information content (AvgIpc) is 2.79. The normalized spacial score (nSPS) is 23.0. The van der Waals surface area contributed by atoms with Gasteiger partial charge in [0.15, 0.2) is 5.78 Å². The summed E-state index contributed by atoms with van der Waals surface area (Å²) >= 11 is 9.15. The first-order chi connectivity index (χ1) is 11.0. The van der Waals surface area contributed by atoms with Gasteiger partial charge in [-0.25, -0.2) is 0 Å². The highest BCUT2D eigenvalue weighted by Crippen LogP contribution is 2.70. The number of thiocarbonyl (C=S) groups is 1. The van der Waals surface area contributed by atoms with Gasteiger partial charge in [0.25, 0.3) is 5.91 Å². The van der Waals surface area contributed by atoms with Gasteiger partial charge in [0, 0.05) is 6.42 Å². The molecule has 2 aliphatic heterocycles. The van der Waals surface area contributed by atoms with E-state index in [1.54, 1.807) is 6.92 Å². The van der Waals surface area contributed by atoms with Crippen molar-refractivity contribution in [2.45, 2.75) is 16.8 Å². The van der Waals surface area contributed by atoms with E-state index in [-0.39, 0.29) is 23.7 Å². The fourth-order valence-corrected chi connectivity index (χ4v) is 7.68. The quantitative estimate of drug-likeness (QED) is 0.449. The number of carbonyl (C=O) groups excluding carboxylic acids is 2. The standard InChI is InChI=1S/C15H10N2O2S4/c1-2-11(18)10(8-16)12-21-15(22-12)13(19)17(14(20)23-15)9-6-4-3-5-7-9/h3-7H,2H2,1H3. The minimum absolute atomic E-state index is 0.126. The van der Waals surface area contributed by atoms with E-state index in [0.29, 0.717) is 8.56 Å². The number of hydrogen-bond acceptors (Lipinski definition) is 7. The molecule has 1 aromatic carbocycles. The van der Waals surface area contributed by atoms with Gasteiger partial charge < -0.3 is 0 Å². The number of ketones is 1. The summed E-state index contributed by atoms with van der Waals surface area (Å²) in [6.07, 6.45) is 0.274. The Morgan fingerprint density at radius 1 is 1.30 bits per heavy atom. The van der Waals surface area contributed by atoms with Gasteiger partial charge in [-0.1, -0.05) is 72.6 Å². The molecule has 2 fully saturated rings. The lowest BCUT2D eigenvalue weighted by Crippen LogP contribution is -2.38. The zero-order chi connectivity index (χ0) is 16.6. The van der Waals surface area contributed by atoms with Crippen molar-refractivity contribution in [1.29, 1.82) is 5.26 Å². The molecule has 0 N–H and O–H groups in total. The zero-order valence-corrected chi connectivity index (χ0v) is 15.2. The van der Waals surface area contributed by atoms with Crippen molar-refractivity contribution in [1.82, 2.24) is 0 Å². The van der Waals surface area contributed by atoms with Crippen molar-refractivity contribution >= 4 is 69.2 Å². The molecule has 23 heavy (non-hydrogen) atoms.